The molecule has 1 unspecified atom stereocenters. The van der Waals surface area contributed by atoms with Crippen LogP contribution in [-0.4, -0.2) is 65.8 Å². The van der Waals surface area contributed by atoms with Crippen LogP contribution in [0, 0.1) is 17.3 Å². The predicted octanol–water partition coefficient (Wildman–Crippen LogP) is 1.79. The fraction of sp³-hybridized carbons (Fsp3) is 0.882. The van der Waals surface area contributed by atoms with E-state index >= 15 is 0 Å². The first-order valence-electron chi connectivity index (χ1n) is 8.99. The van der Waals surface area contributed by atoms with Crippen molar-refractivity contribution in [3.63, 3.8) is 0 Å². The number of rotatable bonds is 3. The molecule has 2 amide bonds. The highest BCUT2D eigenvalue weighted by molar-refractivity contribution is 5.78. The zero-order valence-electron chi connectivity index (χ0n) is 13.6. The lowest BCUT2D eigenvalue weighted by Gasteiger charge is -2.40. The van der Waals surface area contributed by atoms with E-state index in [9.17, 15) is 14.7 Å². The van der Waals surface area contributed by atoms with E-state index in [2.05, 4.69) is 0 Å². The van der Waals surface area contributed by atoms with Crippen molar-refractivity contribution in [2.45, 2.75) is 44.6 Å². The zero-order chi connectivity index (χ0) is 16.0. The average molecular weight is 322 g/mol. The fourth-order valence-electron chi connectivity index (χ4n) is 4.36. The second-order valence-electron chi connectivity index (χ2n) is 7.70. The Hall–Kier alpha value is -1.30. The lowest BCUT2D eigenvalue weighted by atomic mass is 9.81. The van der Waals surface area contributed by atoms with Crippen LogP contribution in [0.15, 0.2) is 0 Å². The number of carbonyl (C=O) groups excluding carboxylic acids is 1. The smallest absolute Gasteiger partial charge is 0.320 e. The molecule has 2 heterocycles. The lowest BCUT2D eigenvalue weighted by Crippen LogP contribution is -2.53. The Balaban J connectivity index is 1.31. The van der Waals surface area contributed by atoms with Crippen molar-refractivity contribution in [1.82, 2.24) is 9.80 Å². The number of hydrogen-bond acceptors (Lipinski definition) is 3. The molecule has 6 heteroatoms. The molecule has 4 fully saturated rings. The quantitative estimate of drug-likeness (QED) is 0.860. The lowest BCUT2D eigenvalue weighted by molar-refractivity contribution is -0.146. The molecular weight excluding hydrogens is 296 g/mol. The number of morpholine rings is 1. The van der Waals surface area contributed by atoms with E-state index in [4.69, 9.17) is 4.74 Å². The second kappa shape index (κ2) is 5.65. The predicted molar refractivity (Wildman–Crippen MR) is 83.0 cm³/mol. The number of aliphatic carboxylic acids is 1. The second-order valence-corrected chi connectivity index (χ2v) is 7.70. The minimum absolute atomic E-state index is 0.123. The first-order chi connectivity index (χ1) is 11.1. The molecule has 1 N–H and O–H groups in total. The van der Waals surface area contributed by atoms with E-state index in [1.165, 1.54) is 12.8 Å². The molecule has 2 aliphatic carbocycles. The van der Waals surface area contributed by atoms with Crippen molar-refractivity contribution in [2.24, 2.45) is 17.3 Å². The number of hydrogen-bond donors (Lipinski definition) is 1. The van der Waals surface area contributed by atoms with Gasteiger partial charge in [-0.05, 0) is 50.4 Å². The topological polar surface area (TPSA) is 70.1 Å². The molecule has 23 heavy (non-hydrogen) atoms. The molecule has 2 saturated carbocycles. The number of amides is 2. The Bertz CT molecular complexity index is 493. The number of nitrogens with zero attached hydrogens (tertiary/aromatic N) is 2. The SMILES string of the molecule is O=C(N1CCC(C2(C(=O)O)CC2)CC1)N1CCOC(C2CC2)C1. The summed E-state index contributed by atoms with van der Waals surface area (Å²) < 4.78 is 5.79. The minimum atomic E-state index is -0.636. The summed E-state index contributed by atoms with van der Waals surface area (Å²) in [6.45, 7) is 3.45. The average Bonchev–Trinajstić information content (AvgIpc) is 3.48. The maximum Gasteiger partial charge on any atom is 0.320 e. The van der Waals surface area contributed by atoms with Gasteiger partial charge in [0.15, 0.2) is 0 Å². The standard InChI is InChI=1S/C17H26N2O4/c20-15(21)17(5-6-17)13-3-7-18(8-4-13)16(22)19-9-10-23-14(11-19)12-1-2-12/h12-14H,1-11H2,(H,20,21). The van der Waals surface area contributed by atoms with Crippen molar-refractivity contribution in [2.75, 3.05) is 32.8 Å². The normalized spacial score (nSPS) is 31.0. The molecule has 6 nitrogen and oxygen atoms in total. The molecular formula is C17H26N2O4. The molecule has 2 saturated heterocycles. The van der Waals surface area contributed by atoms with Gasteiger partial charge in [-0.15, -0.1) is 0 Å². The maximum absolute atomic E-state index is 12.7. The van der Waals surface area contributed by atoms with Gasteiger partial charge in [0.05, 0.1) is 18.1 Å². The Kier molecular flexibility index (Phi) is 3.75. The van der Waals surface area contributed by atoms with Crippen molar-refractivity contribution in [3.05, 3.63) is 0 Å². The number of carboxylic acids is 1. The van der Waals surface area contributed by atoms with Crippen LogP contribution in [0.1, 0.15) is 38.5 Å². The molecule has 1 atom stereocenters. The van der Waals surface area contributed by atoms with Crippen LogP contribution in [0.2, 0.25) is 0 Å². The summed E-state index contributed by atoms with van der Waals surface area (Å²) in [6, 6.07) is 0.123. The van der Waals surface area contributed by atoms with Gasteiger partial charge >= 0.3 is 12.0 Å². The van der Waals surface area contributed by atoms with Crippen LogP contribution in [0.3, 0.4) is 0 Å². The van der Waals surface area contributed by atoms with Crippen molar-refractivity contribution < 1.29 is 19.4 Å². The Morgan fingerprint density at radius 3 is 2.26 bits per heavy atom. The van der Waals surface area contributed by atoms with Gasteiger partial charge in [-0.2, -0.15) is 0 Å². The van der Waals surface area contributed by atoms with E-state index in [1.807, 2.05) is 9.80 Å². The molecule has 0 bridgehead atoms. The van der Waals surface area contributed by atoms with E-state index in [1.54, 1.807) is 0 Å². The molecule has 0 radical (unpaired) electrons. The summed E-state index contributed by atoms with van der Waals surface area (Å²) in [7, 11) is 0. The number of carbonyl (C=O) groups is 2. The molecule has 0 aromatic rings. The maximum atomic E-state index is 12.7. The molecule has 0 aromatic carbocycles. The summed E-state index contributed by atoms with van der Waals surface area (Å²) in [6.07, 6.45) is 5.97. The highest BCUT2D eigenvalue weighted by atomic mass is 16.5. The van der Waals surface area contributed by atoms with E-state index < -0.39 is 11.4 Å². The minimum Gasteiger partial charge on any atom is -0.481 e. The number of carboxylic acid groups (broad SMARTS) is 1. The number of piperidine rings is 1. The summed E-state index contributed by atoms with van der Waals surface area (Å²) in [5.74, 6) is 0.261. The van der Waals surface area contributed by atoms with Gasteiger partial charge in [0.25, 0.3) is 0 Å². The van der Waals surface area contributed by atoms with Gasteiger partial charge in [0.1, 0.15) is 0 Å². The Labute approximate surface area is 136 Å². The third-order valence-electron chi connectivity index (χ3n) is 6.27. The molecule has 2 aliphatic heterocycles. The van der Waals surface area contributed by atoms with Crippen LogP contribution >= 0.6 is 0 Å². The highest BCUT2D eigenvalue weighted by Crippen LogP contribution is 2.55. The molecule has 0 aromatic heterocycles. The van der Waals surface area contributed by atoms with Gasteiger partial charge in [-0.25, -0.2) is 4.79 Å². The number of ether oxygens (including phenoxy) is 1. The van der Waals surface area contributed by atoms with Gasteiger partial charge in [0, 0.05) is 26.2 Å². The van der Waals surface area contributed by atoms with E-state index in [0.717, 1.165) is 32.2 Å². The number of urea groups is 1. The summed E-state index contributed by atoms with van der Waals surface area (Å²) in [5, 5.41) is 9.42. The molecule has 0 spiro atoms. The Morgan fingerprint density at radius 2 is 1.70 bits per heavy atom. The monoisotopic (exact) mass is 322 g/mol. The molecule has 128 valence electrons. The third kappa shape index (κ3) is 2.82. The van der Waals surface area contributed by atoms with Crippen molar-refractivity contribution in [3.8, 4) is 0 Å². The van der Waals surface area contributed by atoms with Crippen LogP contribution in [0.5, 0.6) is 0 Å². The highest BCUT2D eigenvalue weighted by Gasteiger charge is 2.56. The van der Waals surface area contributed by atoms with Gasteiger partial charge in [0.2, 0.25) is 0 Å². The summed E-state index contributed by atoms with van der Waals surface area (Å²) in [4.78, 5) is 28.0. The van der Waals surface area contributed by atoms with E-state index in [0.29, 0.717) is 32.2 Å². The Morgan fingerprint density at radius 1 is 1.00 bits per heavy atom. The fourth-order valence-corrected chi connectivity index (χ4v) is 4.36. The number of likely N-dealkylation sites (tertiary alicyclic amines) is 1. The first kappa shape index (κ1) is 15.2. The molecule has 4 rings (SSSR count). The third-order valence-corrected chi connectivity index (χ3v) is 6.27. The van der Waals surface area contributed by atoms with Crippen molar-refractivity contribution >= 4 is 12.0 Å². The van der Waals surface area contributed by atoms with Gasteiger partial charge in [-0.3, -0.25) is 4.79 Å². The summed E-state index contributed by atoms with van der Waals surface area (Å²) in [5.41, 5.74) is -0.467. The van der Waals surface area contributed by atoms with Gasteiger partial charge in [-0.1, -0.05) is 0 Å². The zero-order valence-corrected chi connectivity index (χ0v) is 13.6. The summed E-state index contributed by atoms with van der Waals surface area (Å²) >= 11 is 0. The largest absolute Gasteiger partial charge is 0.481 e. The van der Waals surface area contributed by atoms with Gasteiger partial charge < -0.3 is 19.6 Å². The molecule has 4 aliphatic rings. The first-order valence-corrected chi connectivity index (χ1v) is 8.99. The van der Waals surface area contributed by atoms with Crippen LogP contribution < -0.4 is 0 Å². The van der Waals surface area contributed by atoms with Crippen molar-refractivity contribution in [1.29, 1.82) is 0 Å². The van der Waals surface area contributed by atoms with Crippen LogP contribution in [0.25, 0.3) is 0 Å². The van der Waals surface area contributed by atoms with Crippen LogP contribution in [-0.2, 0) is 9.53 Å². The van der Waals surface area contributed by atoms with Crippen LogP contribution in [0.4, 0.5) is 4.79 Å². The van der Waals surface area contributed by atoms with E-state index in [-0.39, 0.29) is 18.1 Å².